The third-order valence-corrected chi connectivity index (χ3v) is 3.87. The van der Waals surface area contributed by atoms with E-state index in [1.54, 1.807) is 10.9 Å². The third kappa shape index (κ3) is 2.07. The van der Waals surface area contributed by atoms with Crippen LogP contribution in [0.4, 0.5) is 11.6 Å². The summed E-state index contributed by atoms with van der Waals surface area (Å²) in [4.78, 5) is 8.83. The Kier molecular flexibility index (Phi) is 3.11. The van der Waals surface area contributed by atoms with Gasteiger partial charge in [-0.1, -0.05) is 18.5 Å². The topological polar surface area (TPSA) is 93.5 Å². The molecule has 0 aliphatic carbocycles. The van der Waals surface area contributed by atoms with Crippen LogP contribution < -0.4 is 10.1 Å². The summed E-state index contributed by atoms with van der Waals surface area (Å²) in [6, 6.07) is 0. The van der Waals surface area contributed by atoms with Crippen molar-refractivity contribution in [2.45, 2.75) is 26.3 Å². The molecule has 2 bridgehead atoms. The van der Waals surface area contributed by atoms with Crippen molar-refractivity contribution in [1.29, 1.82) is 0 Å². The maximum Gasteiger partial charge on any atom is 0.256 e. The van der Waals surface area contributed by atoms with E-state index >= 15 is 0 Å². The number of ether oxygens (including phenoxy) is 1. The van der Waals surface area contributed by atoms with E-state index < -0.39 is 0 Å². The molecule has 0 saturated carbocycles. The summed E-state index contributed by atoms with van der Waals surface area (Å²) in [5.74, 6) is 1.01. The first-order valence-electron chi connectivity index (χ1n) is 7.12. The zero-order chi connectivity index (χ0) is 15.1. The summed E-state index contributed by atoms with van der Waals surface area (Å²) >= 11 is 6.13. The number of H-pyrrole nitrogens is 1. The van der Waals surface area contributed by atoms with Crippen molar-refractivity contribution < 1.29 is 4.74 Å². The van der Waals surface area contributed by atoms with Gasteiger partial charge < -0.3 is 10.1 Å². The number of aromatic amines is 1. The van der Waals surface area contributed by atoms with Crippen LogP contribution in [0.15, 0.2) is 6.20 Å². The summed E-state index contributed by atoms with van der Waals surface area (Å²) in [7, 11) is 0. The van der Waals surface area contributed by atoms with E-state index in [9.17, 15) is 0 Å². The minimum absolute atomic E-state index is 0.415. The van der Waals surface area contributed by atoms with E-state index in [1.807, 2.05) is 6.92 Å². The van der Waals surface area contributed by atoms with Gasteiger partial charge in [-0.2, -0.15) is 10.1 Å². The molecule has 4 heterocycles. The minimum atomic E-state index is 0.415. The molecule has 1 aliphatic rings. The van der Waals surface area contributed by atoms with Crippen LogP contribution in [-0.2, 0) is 13.0 Å². The molecule has 3 aromatic heterocycles. The summed E-state index contributed by atoms with van der Waals surface area (Å²) < 4.78 is 7.53. The molecule has 0 fully saturated rings. The fourth-order valence-corrected chi connectivity index (χ4v) is 2.71. The number of anilines is 2. The van der Waals surface area contributed by atoms with Crippen LogP contribution in [0.2, 0.25) is 5.15 Å². The molecule has 0 unspecified atom stereocenters. The smallest absolute Gasteiger partial charge is 0.256 e. The number of aryl methyl sites for hydroxylation is 2. The Bertz CT molecular complexity index is 840. The SMILES string of the molecule is CCc1[nH]nc2c1Nc1ncc3c(Cl)nn(c3n1)CCCO2. The van der Waals surface area contributed by atoms with Gasteiger partial charge in [0.05, 0.1) is 17.7 Å². The monoisotopic (exact) mass is 319 g/mol. The van der Waals surface area contributed by atoms with E-state index in [4.69, 9.17) is 16.3 Å². The van der Waals surface area contributed by atoms with Gasteiger partial charge in [-0.15, -0.1) is 5.10 Å². The lowest BCUT2D eigenvalue weighted by Crippen LogP contribution is -2.06. The van der Waals surface area contributed by atoms with Crippen molar-refractivity contribution in [1.82, 2.24) is 29.9 Å². The second-order valence-corrected chi connectivity index (χ2v) is 5.37. The standard InChI is InChI=1S/C13H14ClN7O/c1-2-8-9-12(19-18-8)22-5-3-4-21-11-7(10(14)20-21)6-15-13(16-9)17-11/h6H,2-5H2,1H3,(H,18,19)(H,15,16,17). The summed E-state index contributed by atoms with van der Waals surface area (Å²) in [5, 5.41) is 15.8. The number of aromatic nitrogens is 6. The average molecular weight is 320 g/mol. The van der Waals surface area contributed by atoms with E-state index in [1.165, 1.54) is 0 Å². The lowest BCUT2D eigenvalue weighted by atomic mass is 10.3. The zero-order valence-electron chi connectivity index (χ0n) is 11.9. The van der Waals surface area contributed by atoms with Crippen molar-refractivity contribution in [3.05, 3.63) is 17.0 Å². The van der Waals surface area contributed by atoms with E-state index in [0.717, 1.165) is 29.6 Å². The normalized spacial score (nSPS) is 14.3. The second kappa shape index (κ2) is 5.13. The van der Waals surface area contributed by atoms with Crippen LogP contribution >= 0.6 is 11.6 Å². The Hall–Kier alpha value is -2.35. The number of halogens is 1. The molecule has 3 aromatic rings. The first-order chi connectivity index (χ1) is 10.8. The van der Waals surface area contributed by atoms with Crippen LogP contribution in [0.3, 0.4) is 0 Å². The molecule has 1 aliphatic heterocycles. The Labute approximate surface area is 130 Å². The van der Waals surface area contributed by atoms with Crippen molar-refractivity contribution in [3.8, 4) is 5.88 Å². The van der Waals surface area contributed by atoms with Gasteiger partial charge in [0.1, 0.15) is 5.69 Å². The number of hydrogen-bond donors (Lipinski definition) is 2. The molecule has 0 spiro atoms. The molecular weight excluding hydrogens is 306 g/mol. The number of hydrogen-bond acceptors (Lipinski definition) is 6. The van der Waals surface area contributed by atoms with Crippen LogP contribution in [0.5, 0.6) is 5.88 Å². The molecule has 22 heavy (non-hydrogen) atoms. The predicted molar refractivity (Wildman–Crippen MR) is 81.7 cm³/mol. The van der Waals surface area contributed by atoms with Crippen molar-refractivity contribution in [3.63, 3.8) is 0 Å². The maximum atomic E-state index is 6.13. The van der Waals surface area contributed by atoms with Crippen LogP contribution in [0, 0.1) is 0 Å². The summed E-state index contributed by atoms with van der Waals surface area (Å²) in [6.45, 7) is 3.24. The maximum absolute atomic E-state index is 6.13. The van der Waals surface area contributed by atoms with Gasteiger partial charge in [0.25, 0.3) is 5.88 Å². The van der Waals surface area contributed by atoms with Crippen LogP contribution in [-0.4, -0.2) is 36.6 Å². The van der Waals surface area contributed by atoms with Gasteiger partial charge in [0, 0.05) is 19.2 Å². The highest BCUT2D eigenvalue weighted by Gasteiger charge is 2.18. The molecule has 0 amide bonds. The molecule has 114 valence electrons. The fourth-order valence-electron chi connectivity index (χ4n) is 2.48. The van der Waals surface area contributed by atoms with Gasteiger partial charge in [-0.05, 0) is 6.42 Å². The molecule has 4 rings (SSSR count). The summed E-state index contributed by atoms with van der Waals surface area (Å²) in [5.41, 5.74) is 2.44. The average Bonchev–Trinajstić information content (AvgIpc) is 3.05. The van der Waals surface area contributed by atoms with Gasteiger partial charge in [-0.25, -0.2) is 9.67 Å². The second-order valence-electron chi connectivity index (χ2n) is 5.01. The quantitative estimate of drug-likeness (QED) is 0.714. The van der Waals surface area contributed by atoms with E-state index in [2.05, 4.69) is 30.6 Å². The highest BCUT2D eigenvalue weighted by atomic mass is 35.5. The number of nitrogens with zero attached hydrogens (tertiary/aromatic N) is 5. The van der Waals surface area contributed by atoms with Gasteiger partial charge in [-0.3, -0.25) is 5.10 Å². The van der Waals surface area contributed by atoms with Gasteiger partial charge in [0.2, 0.25) is 5.95 Å². The Morgan fingerprint density at radius 1 is 1.45 bits per heavy atom. The van der Waals surface area contributed by atoms with Gasteiger partial charge in [0.15, 0.2) is 10.8 Å². The number of nitrogens with one attached hydrogen (secondary N) is 2. The Morgan fingerprint density at radius 3 is 3.23 bits per heavy atom. The van der Waals surface area contributed by atoms with Gasteiger partial charge >= 0.3 is 0 Å². The highest BCUT2D eigenvalue weighted by molar-refractivity contribution is 6.34. The Morgan fingerprint density at radius 2 is 2.36 bits per heavy atom. The Balaban J connectivity index is 1.86. The van der Waals surface area contributed by atoms with Crippen molar-refractivity contribution in [2.75, 3.05) is 11.9 Å². The molecule has 9 heteroatoms. The minimum Gasteiger partial charge on any atom is -0.475 e. The predicted octanol–water partition coefficient (Wildman–Crippen LogP) is 2.29. The van der Waals surface area contributed by atoms with Crippen molar-refractivity contribution >= 4 is 34.3 Å². The van der Waals surface area contributed by atoms with E-state index in [-0.39, 0.29) is 0 Å². The van der Waals surface area contributed by atoms with Crippen LogP contribution in [0.25, 0.3) is 11.0 Å². The van der Waals surface area contributed by atoms with Crippen molar-refractivity contribution in [2.24, 2.45) is 0 Å². The molecule has 0 radical (unpaired) electrons. The molecule has 0 aromatic carbocycles. The number of rotatable bonds is 1. The number of fused-ring (bicyclic) bond motifs is 2. The zero-order valence-corrected chi connectivity index (χ0v) is 12.7. The lowest BCUT2D eigenvalue weighted by Gasteiger charge is -2.07. The molecule has 2 N–H and O–H groups in total. The molecule has 8 nitrogen and oxygen atoms in total. The molecular formula is C13H14ClN7O. The first kappa shape index (κ1) is 13.3. The lowest BCUT2D eigenvalue weighted by molar-refractivity contribution is 0.290. The molecule has 0 saturated heterocycles. The highest BCUT2D eigenvalue weighted by Crippen LogP contribution is 2.30. The first-order valence-corrected chi connectivity index (χ1v) is 7.50. The molecule has 0 atom stereocenters. The van der Waals surface area contributed by atoms with Crippen LogP contribution in [0.1, 0.15) is 19.0 Å². The summed E-state index contributed by atoms with van der Waals surface area (Å²) in [6.07, 6.45) is 3.26. The van der Waals surface area contributed by atoms with E-state index in [0.29, 0.717) is 35.8 Å². The largest absolute Gasteiger partial charge is 0.475 e. The third-order valence-electron chi connectivity index (χ3n) is 3.60. The fraction of sp³-hybridized carbons (Fsp3) is 0.385.